The molecule has 0 aliphatic heterocycles. The lowest BCUT2D eigenvalue weighted by atomic mass is 10.6. The van der Waals surface area contributed by atoms with E-state index in [9.17, 15) is 4.57 Å². The number of hydrogen-bond acceptors (Lipinski definition) is 4. The first-order valence-electron chi connectivity index (χ1n) is 2.19. The first-order valence-corrected chi connectivity index (χ1v) is 3.96. The fourth-order valence-corrected chi connectivity index (χ4v) is 0.732. The van der Waals surface area contributed by atoms with E-state index >= 15 is 0 Å². The van der Waals surface area contributed by atoms with E-state index in [-0.39, 0.29) is 12.6 Å². The van der Waals surface area contributed by atoms with Crippen molar-refractivity contribution in [1.82, 2.24) is 0 Å². The average molecular weight is 150 g/mol. The van der Waals surface area contributed by atoms with Crippen LogP contribution in [0.4, 0.5) is 0 Å². The zero-order valence-electron chi connectivity index (χ0n) is 4.65. The molecule has 5 nitrogen and oxygen atoms in total. The Kier molecular flexibility index (Phi) is 3.43. The molecule has 1 unspecified atom stereocenters. The van der Waals surface area contributed by atoms with Crippen molar-refractivity contribution in [2.24, 2.45) is 5.90 Å². The van der Waals surface area contributed by atoms with Gasteiger partial charge in [0.1, 0.15) is 0 Å². The highest BCUT2D eigenvalue weighted by atomic mass is 31.2. The van der Waals surface area contributed by atoms with Crippen LogP contribution in [0.3, 0.4) is 0 Å². The van der Waals surface area contributed by atoms with Gasteiger partial charge in [0.25, 0.3) is 0 Å². The molecule has 0 bridgehead atoms. The lowest BCUT2D eigenvalue weighted by Gasteiger charge is -2.02. The Morgan fingerprint density at radius 1 is 1.89 bits per heavy atom. The molecule has 52 valence electrons. The van der Waals surface area contributed by atoms with Gasteiger partial charge in [0.15, 0.2) is 0 Å². The van der Waals surface area contributed by atoms with Crippen LogP contribution in [0.5, 0.6) is 0 Å². The summed E-state index contributed by atoms with van der Waals surface area (Å²) in [4.78, 5) is 8.51. The van der Waals surface area contributed by atoms with Gasteiger partial charge >= 0.3 is 7.60 Å². The highest BCUT2D eigenvalue weighted by Gasteiger charge is 2.16. The molecule has 0 aliphatic rings. The van der Waals surface area contributed by atoms with E-state index in [1.54, 1.807) is 6.07 Å². The summed E-state index contributed by atoms with van der Waals surface area (Å²) in [7, 11) is -3.63. The third-order valence-electron chi connectivity index (χ3n) is 0.671. The van der Waals surface area contributed by atoms with Crippen LogP contribution in [0.2, 0.25) is 0 Å². The van der Waals surface area contributed by atoms with Crippen LogP contribution in [0, 0.1) is 11.3 Å². The molecule has 0 aliphatic carbocycles. The number of nitrogens with two attached hydrogens (primary N) is 1. The molecule has 0 radical (unpaired) electrons. The molecular weight excluding hydrogens is 143 g/mol. The van der Waals surface area contributed by atoms with E-state index in [0.717, 1.165) is 0 Å². The van der Waals surface area contributed by atoms with E-state index in [2.05, 4.69) is 10.5 Å². The Labute approximate surface area is 52.5 Å². The van der Waals surface area contributed by atoms with Crippen LogP contribution in [-0.2, 0) is 9.19 Å². The Hall–Kier alpha value is -0.400. The summed E-state index contributed by atoms with van der Waals surface area (Å²) in [6, 6.07) is 1.69. The van der Waals surface area contributed by atoms with Crippen molar-refractivity contribution in [3.8, 4) is 6.07 Å². The van der Waals surface area contributed by atoms with Crippen molar-refractivity contribution >= 4 is 7.60 Å². The summed E-state index contributed by atoms with van der Waals surface area (Å²) in [5, 5.41) is 7.95. The van der Waals surface area contributed by atoms with Gasteiger partial charge in [0.2, 0.25) is 0 Å². The second-order valence-corrected chi connectivity index (χ2v) is 3.31. The SMILES string of the molecule is N#CCCP(=O)(O)ON. The monoisotopic (exact) mass is 150 g/mol. The second kappa shape index (κ2) is 3.59. The number of nitriles is 1. The number of hydrogen-bond donors (Lipinski definition) is 2. The third-order valence-corrected chi connectivity index (χ3v) is 1.79. The van der Waals surface area contributed by atoms with E-state index in [1.807, 2.05) is 0 Å². The number of rotatable bonds is 3. The smallest absolute Gasteiger partial charge is 0.323 e. The van der Waals surface area contributed by atoms with Crippen molar-refractivity contribution in [2.75, 3.05) is 6.16 Å². The lowest BCUT2D eigenvalue weighted by molar-refractivity contribution is 0.268. The number of nitrogens with zero attached hydrogens (tertiary/aromatic N) is 1. The van der Waals surface area contributed by atoms with Crippen LogP contribution in [-0.4, -0.2) is 11.1 Å². The van der Waals surface area contributed by atoms with Crippen molar-refractivity contribution in [1.29, 1.82) is 5.26 Å². The molecule has 0 saturated heterocycles. The van der Waals surface area contributed by atoms with Gasteiger partial charge in [0.05, 0.1) is 12.2 Å². The van der Waals surface area contributed by atoms with Gasteiger partial charge in [-0.1, -0.05) is 0 Å². The van der Waals surface area contributed by atoms with E-state index in [1.165, 1.54) is 0 Å². The van der Waals surface area contributed by atoms with Crippen molar-refractivity contribution in [2.45, 2.75) is 6.42 Å². The molecule has 3 N–H and O–H groups in total. The zero-order valence-corrected chi connectivity index (χ0v) is 5.54. The maximum absolute atomic E-state index is 10.4. The molecule has 0 amide bonds. The molecule has 0 heterocycles. The average Bonchev–Trinajstić information content (AvgIpc) is 1.84. The summed E-state index contributed by atoms with van der Waals surface area (Å²) in [6.07, 6.45) is -0.231. The molecule has 0 fully saturated rings. The van der Waals surface area contributed by atoms with Gasteiger partial charge in [-0.25, -0.2) is 10.5 Å². The van der Waals surface area contributed by atoms with Gasteiger partial charge in [-0.2, -0.15) is 5.26 Å². The Balaban J connectivity index is 3.63. The van der Waals surface area contributed by atoms with Crippen LogP contribution < -0.4 is 5.90 Å². The molecule has 0 aromatic rings. The Morgan fingerprint density at radius 2 is 2.44 bits per heavy atom. The largest absolute Gasteiger partial charge is 0.345 e. The second-order valence-electron chi connectivity index (χ2n) is 1.37. The molecule has 0 aromatic carbocycles. The molecule has 9 heavy (non-hydrogen) atoms. The summed E-state index contributed by atoms with van der Waals surface area (Å²) >= 11 is 0. The Morgan fingerprint density at radius 3 is 2.78 bits per heavy atom. The summed E-state index contributed by atoms with van der Waals surface area (Å²) in [5.41, 5.74) is 0. The van der Waals surface area contributed by atoms with E-state index in [0.29, 0.717) is 0 Å². The van der Waals surface area contributed by atoms with Gasteiger partial charge < -0.3 is 4.89 Å². The maximum Gasteiger partial charge on any atom is 0.345 e. The van der Waals surface area contributed by atoms with Crippen molar-refractivity contribution < 1.29 is 14.1 Å². The molecule has 1 atom stereocenters. The van der Waals surface area contributed by atoms with Gasteiger partial charge in [-0.05, 0) is 0 Å². The van der Waals surface area contributed by atoms with Crippen molar-refractivity contribution in [3.63, 3.8) is 0 Å². The predicted octanol–water partition coefficient (Wildman–Crippen LogP) is -0.0242. The first-order chi connectivity index (χ1) is 4.12. The topological polar surface area (TPSA) is 96.3 Å². The van der Waals surface area contributed by atoms with Crippen LogP contribution in [0.25, 0.3) is 0 Å². The highest BCUT2D eigenvalue weighted by Crippen LogP contribution is 2.39. The third kappa shape index (κ3) is 4.13. The molecule has 0 rings (SSSR count). The maximum atomic E-state index is 10.4. The van der Waals surface area contributed by atoms with E-state index < -0.39 is 7.60 Å². The minimum absolute atomic E-state index is 0.0228. The first kappa shape index (κ1) is 8.60. The summed E-state index contributed by atoms with van der Waals surface area (Å²) in [5.74, 6) is 4.42. The lowest BCUT2D eigenvalue weighted by Crippen LogP contribution is -1.99. The van der Waals surface area contributed by atoms with Gasteiger partial charge in [-0.15, -0.1) is 0 Å². The minimum Gasteiger partial charge on any atom is -0.323 e. The van der Waals surface area contributed by atoms with Crippen LogP contribution >= 0.6 is 7.60 Å². The molecule has 0 spiro atoms. The fourth-order valence-electron chi connectivity index (χ4n) is 0.244. The summed E-state index contributed by atoms with van der Waals surface area (Å²) in [6.45, 7) is 0. The van der Waals surface area contributed by atoms with Gasteiger partial charge in [-0.3, -0.25) is 4.57 Å². The highest BCUT2D eigenvalue weighted by molar-refractivity contribution is 7.52. The van der Waals surface area contributed by atoms with Crippen LogP contribution in [0.1, 0.15) is 6.42 Å². The standard InChI is InChI=1S/C3H7N2O3P/c4-2-1-3-9(6,7)8-5/h1,3,5H2,(H,6,7). The van der Waals surface area contributed by atoms with E-state index in [4.69, 9.17) is 10.2 Å². The van der Waals surface area contributed by atoms with Gasteiger partial charge in [0, 0.05) is 6.42 Å². The molecular formula is C3H7N2O3P. The van der Waals surface area contributed by atoms with Crippen molar-refractivity contribution in [3.05, 3.63) is 0 Å². The zero-order chi connectivity index (χ0) is 7.33. The molecule has 0 aromatic heterocycles. The fraction of sp³-hybridized carbons (Fsp3) is 0.667. The molecule has 6 heteroatoms. The molecule has 0 saturated carbocycles. The summed E-state index contributed by atoms with van der Waals surface area (Å²) < 4.78 is 14.1. The quantitative estimate of drug-likeness (QED) is 0.435. The van der Waals surface area contributed by atoms with Crippen LogP contribution in [0.15, 0.2) is 0 Å². The normalized spacial score (nSPS) is 16.1. The Bertz CT molecular complexity index is 163. The minimum atomic E-state index is -3.63. The predicted molar refractivity (Wildman–Crippen MR) is 30.2 cm³/mol.